The predicted octanol–water partition coefficient (Wildman–Crippen LogP) is 2.01. The molecule has 0 aliphatic carbocycles. The molecule has 3 N–H and O–H groups in total. The van der Waals surface area contributed by atoms with Gasteiger partial charge in [-0.1, -0.05) is 0 Å². The molecule has 1 aromatic carbocycles. The molecule has 3 rings (SSSR count). The summed E-state index contributed by atoms with van der Waals surface area (Å²) in [5.74, 6) is -0.461. The van der Waals surface area contributed by atoms with Crippen LogP contribution in [-0.4, -0.2) is 61.0 Å². The highest BCUT2D eigenvalue weighted by Crippen LogP contribution is 2.32. The molecule has 0 spiro atoms. The van der Waals surface area contributed by atoms with Gasteiger partial charge in [0.15, 0.2) is 0 Å². The second-order valence-corrected chi connectivity index (χ2v) is 10.6. The average molecular weight is 533 g/mol. The summed E-state index contributed by atoms with van der Waals surface area (Å²) in [6, 6.07) is 5.67. The van der Waals surface area contributed by atoms with Crippen molar-refractivity contribution in [3.05, 3.63) is 45.7 Å². The van der Waals surface area contributed by atoms with E-state index in [1.807, 2.05) is 0 Å². The molecule has 37 heavy (non-hydrogen) atoms. The number of hydrogen-bond acceptors (Lipinski definition) is 8. The number of rotatable bonds is 11. The van der Waals surface area contributed by atoms with E-state index in [0.29, 0.717) is 42.7 Å². The minimum atomic E-state index is -3.77. The van der Waals surface area contributed by atoms with Crippen LogP contribution in [0.1, 0.15) is 37.3 Å². The van der Waals surface area contributed by atoms with E-state index in [-0.39, 0.29) is 53.5 Å². The third kappa shape index (κ3) is 7.01. The minimum Gasteiger partial charge on any atom is -0.493 e. The number of aromatic nitrogens is 1. The molecule has 12 nitrogen and oxygen atoms in total. The first-order valence-electron chi connectivity index (χ1n) is 12.0. The lowest BCUT2D eigenvalue weighted by Crippen LogP contribution is -2.33. The van der Waals surface area contributed by atoms with E-state index in [1.54, 1.807) is 18.7 Å². The standard InChI is InChI=1S/C24H32N6O6S/c1-16-17(2)23(33)30(15-5-14-29-13-4-6-21(29)32)24(34)22(16)28-27-19-7-9-20(10-8-19)37(35,36)26-12-11-25-18(3)31/h7-10,26,34H,4-6,11-15H2,1-3H3,(H,25,31)/b28-27+. The summed E-state index contributed by atoms with van der Waals surface area (Å²) >= 11 is 0. The Kier molecular flexibility index (Phi) is 9.16. The lowest BCUT2D eigenvalue weighted by Gasteiger charge is -2.17. The van der Waals surface area contributed by atoms with Crippen molar-refractivity contribution in [3.8, 4) is 5.88 Å². The Hall–Kier alpha value is -3.58. The first-order chi connectivity index (χ1) is 17.5. The van der Waals surface area contributed by atoms with E-state index in [1.165, 1.54) is 35.8 Å². The number of hydrogen-bond donors (Lipinski definition) is 3. The number of likely N-dealkylation sites (tertiary alicyclic amines) is 1. The molecular formula is C24H32N6O6S. The van der Waals surface area contributed by atoms with Crippen molar-refractivity contribution in [2.24, 2.45) is 10.2 Å². The number of nitrogens with zero attached hydrogens (tertiary/aromatic N) is 4. The van der Waals surface area contributed by atoms with E-state index < -0.39 is 10.0 Å². The van der Waals surface area contributed by atoms with Gasteiger partial charge in [-0.15, -0.1) is 5.11 Å². The van der Waals surface area contributed by atoms with Crippen LogP contribution in [0.5, 0.6) is 5.88 Å². The van der Waals surface area contributed by atoms with E-state index in [9.17, 15) is 27.9 Å². The zero-order chi connectivity index (χ0) is 27.2. The van der Waals surface area contributed by atoms with Crippen LogP contribution >= 0.6 is 0 Å². The molecule has 1 saturated heterocycles. The van der Waals surface area contributed by atoms with Crippen LogP contribution in [0.15, 0.2) is 44.2 Å². The van der Waals surface area contributed by atoms with Crippen molar-refractivity contribution in [1.82, 2.24) is 19.5 Å². The second-order valence-electron chi connectivity index (χ2n) is 8.79. The van der Waals surface area contributed by atoms with Crippen LogP contribution < -0.4 is 15.6 Å². The Morgan fingerprint density at radius 2 is 1.76 bits per heavy atom. The molecular weight excluding hydrogens is 500 g/mol. The van der Waals surface area contributed by atoms with Crippen molar-refractivity contribution in [2.45, 2.75) is 51.5 Å². The summed E-state index contributed by atoms with van der Waals surface area (Å²) in [6.45, 7) is 6.31. The molecule has 2 amide bonds. The molecule has 200 valence electrons. The zero-order valence-corrected chi connectivity index (χ0v) is 22.0. The number of amides is 2. The van der Waals surface area contributed by atoms with E-state index in [0.717, 1.165) is 6.42 Å². The molecule has 0 bridgehead atoms. The minimum absolute atomic E-state index is 0.0224. The molecule has 2 heterocycles. The predicted molar refractivity (Wildman–Crippen MR) is 137 cm³/mol. The molecule has 0 atom stereocenters. The zero-order valence-electron chi connectivity index (χ0n) is 21.2. The van der Waals surface area contributed by atoms with Gasteiger partial charge >= 0.3 is 0 Å². The van der Waals surface area contributed by atoms with Gasteiger partial charge in [0.25, 0.3) is 5.56 Å². The van der Waals surface area contributed by atoms with E-state index >= 15 is 0 Å². The quantitative estimate of drug-likeness (QED) is 0.296. The van der Waals surface area contributed by atoms with Crippen LogP contribution in [0.25, 0.3) is 0 Å². The SMILES string of the molecule is CC(=O)NCCNS(=O)(=O)c1ccc(/N=N/c2c(C)c(C)c(=O)n(CCCN3CCCC3=O)c2O)cc1. The highest BCUT2D eigenvalue weighted by molar-refractivity contribution is 7.89. The number of nitrogens with one attached hydrogen (secondary N) is 2. The van der Waals surface area contributed by atoms with Gasteiger partial charge in [0.1, 0.15) is 5.69 Å². The average Bonchev–Trinajstić information content (AvgIpc) is 3.27. The number of carbonyl (C=O) groups excluding carboxylic acids is 2. The largest absolute Gasteiger partial charge is 0.493 e. The molecule has 0 radical (unpaired) electrons. The van der Waals surface area contributed by atoms with Crippen molar-refractivity contribution >= 4 is 33.2 Å². The topological polar surface area (TPSA) is 163 Å². The van der Waals surface area contributed by atoms with Gasteiger partial charge in [-0.05, 0) is 56.5 Å². The van der Waals surface area contributed by atoms with Crippen LogP contribution in [0.2, 0.25) is 0 Å². The maximum atomic E-state index is 12.8. The summed E-state index contributed by atoms with van der Waals surface area (Å²) in [5.41, 5.74) is 1.07. The number of pyridine rings is 1. The smallest absolute Gasteiger partial charge is 0.256 e. The van der Waals surface area contributed by atoms with Gasteiger partial charge in [0.05, 0.1) is 10.6 Å². The number of benzene rings is 1. The molecule has 1 aliphatic rings. The maximum Gasteiger partial charge on any atom is 0.256 e. The van der Waals surface area contributed by atoms with Crippen LogP contribution in [-0.2, 0) is 26.2 Å². The first-order valence-corrected chi connectivity index (χ1v) is 13.5. The highest BCUT2D eigenvalue weighted by atomic mass is 32.2. The van der Waals surface area contributed by atoms with Crippen molar-refractivity contribution < 1.29 is 23.1 Å². The Balaban J connectivity index is 1.73. The fourth-order valence-corrected chi connectivity index (χ4v) is 4.96. The Morgan fingerprint density at radius 1 is 1.05 bits per heavy atom. The summed E-state index contributed by atoms with van der Waals surface area (Å²) in [6.07, 6.45) is 1.88. The molecule has 0 unspecified atom stereocenters. The first kappa shape index (κ1) is 28.0. The maximum absolute atomic E-state index is 12.8. The Bertz CT molecular complexity index is 1350. The van der Waals surface area contributed by atoms with Crippen molar-refractivity contribution in [3.63, 3.8) is 0 Å². The van der Waals surface area contributed by atoms with E-state index in [4.69, 9.17) is 0 Å². The fourth-order valence-electron chi connectivity index (χ4n) is 3.93. The summed E-state index contributed by atoms with van der Waals surface area (Å²) in [5, 5.41) is 21.6. The van der Waals surface area contributed by atoms with Crippen LogP contribution in [0.3, 0.4) is 0 Å². The Labute approximate surface area is 215 Å². The van der Waals surface area contributed by atoms with Gasteiger partial charge < -0.3 is 15.3 Å². The number of azo groups is 1. The number of sulfonamides is 1. The highest BCUT2D eigenvalue weighted by Gasteiger charge is 2.21. The number of aromatic hydroxyl groups is 1. The molecule has 1 fully saturated rings. The van der Waals surface area contributed by atoms with Gasteiger partial charge in [-0.3, -0.25) is 19.0 Å². The lowest BCUT2D eigenvalue weighted by molar-refractivity contribution is -0.127. The third-order valence-electron chi connectivity index (χ3n) is 6.14. The summed E-state index contributed by atoms with van der Waals surface area (Å²) in [7, 11) is -3.77. The van der Waals surface area contributed by atoms with Gasteiger partial charge in [0, 0.05) is 51.6 Å². The number of carbonyl (C=O) groups is 2. The molecule has 1 aliphatic heterocycles. The van der Waals surface area contributed by atoms with Crippen LogP contribution in [0.4, 0.5) is 11.4 Å². The van der Waals surface area contributed by atoms with Gasteiger partial charge in [0.2, 0.25) is 27.7 Å². The fraction of sp³-hybridized carbons (Fsp3) is 0.458. The Morgan fingerprint density at radius 3 is 2.38 bits per heavy atom. The van der Waals surface area contributed by atoms with Crippen molar-refractivity contribution in [1.29, 1.82) is 0 Å². The van der Waals surface area contributed by atoms with Crippen molar-refractivity contribution in [2.75, 3.05) is 26.2 Å². The third-order valence-corrected chi connectivity index (χ3v) is 7.61. The van der Waals surface area contributed by atoms with E-state index in [2.05, 4.69) is 20.3 Å². The monoisotopic (exact) mass is 532 g/mol. The molecule has 13 heteroatoms. The normalized spacial score (nSPS) is 14.0. The molecule has 1 aromatic heterocycles. The summed E-state index contributed by atoms with van der Waals surface area (Å²) in [4.78, 5) is 37.2. The molecule has 0 saturated carbocycles. The second kappa shape index (κ2) is 12.1. The van der Waals surface area contributed by atoms with Crippen LogP contribution in [0, 0.1) is 13.8 Å². The summed E-state index contributed by atoms with van der Waals surface area (Å²) < 4.78 is 28.4. The van der Waals surface area contributed by atoms with Gasteiger partial charge in [-0.2, -0.15) is 5.11 Å². The lowest BCUT2D eigenvalue weighted by atomic mass is 10.1. The van der Waals surface area contributed by atoms with Gasteiger partial charge in [-0.25, -0.2) is 13.1 Å². The molecule has 2 aromatic rings.